The highest BCUT2D eigenvalue weighted by molar-refractivity contribution is 5.41. The summed E-state index contributed by atoms with van der Waals surface area (Å²) in [6, 6.07) is 5.00. The van der Waals surface area contributed by atoms with Crippen LogP contribution < -0.4 is 4.90 Å². The number of hydrogen-bond acceptors (Lipinski definition) is 2. The fraction of sp³-hybridized carbons (Fsp3) is 0.583. The Labute approximate surface area is 86.0 Å². The first-order valence-electron chi connectivity index (χ1n) is 5.53. The summed E-state index contributed by atoms with van der Waals surface area (Å²) in [7, 11) is 0. The van der Waals surface area contributed by atoms with Crippen LogP contribution in [0, 0.1) is 0 Å². The molecule has 2 heteroatoms. The van der Waals surface area contributed by atoms with Gasteiger partial charge >= 0.3 is 0 Å². The third-order valence-electron chi connectivity index (χ3n) is 3.06. The molecule has 0 spiro atoms. The highest BCUT2D eigenvalue weighted by Crippen LogP contribution is 2.23. The van der Waals surface area contributed by atoms with Gasteiger partial charge in [-0.1, -0.05) is 13.0 Å². The topological polar surface area (TPSA) is 16.1 Å². The van der Waals surface area contributed by atoms with E-state index in [1.54, 1.807) is 0 Å². The molecule has 1 aliphatic heterocycles. The van der Waals surface area contributed by atoms with Crippen LogP contribution in [0.15, 0.2) is 18.3 Å². The minimum Gasteiger partial charge on any atom is -0.354 e. The van der Waals surface area contributed by atoms with E-state index in [9.17, 15) is 0 Å². The second kappa shape index (κ2) is 3.99. The average molecular weight is 190 g/mol. The normalized spacial score (nSPS) is 21.6. The molecule has 1 aliphatic rings. The largest absolute Gasteiger partial charge is 0.354 e. The molecule has 0 N–H and O–H groups in total. The van der Waals surface area contributed by atoms with Crippen molar-refractivity contribution in [2.75, 3.05) is 11.4 Å². The van der Waals surface area contributed by atoms with E-state index in [-0.39, 0.29) is 0 Å². The summed E-state index contributed by atoms with van der Waals surface area (Å²) in [5.41, 5.74) is 1.32. The SMILES string of the molecule is CCc1ccc(N2CCC[C@H]2C)nc1. The maximum atomic E-state index is 4.51. The predicted molar refractivity (Wildman–Crippen MR) is 59.7 cm³/mol. The van der Waals surface area contributed by atoms with Gasteiger partial charge in [0.25, 0.3) is 0 Å². The zero-order valence-corrected chi connectivity index (χ0v) is 9.03. The van der Waals surface area contributed by atoms with Crippen LogP contribution in [0.5, 0.6) is 0 Å². The predicted octanol–water partition coefficient (Wildman–Crippen LogP) is 2.63. The van der Waals surface area contributed by atoms with Crippen LogP contribution in [-0.2, 0) is 6.42 Å². The molecule has 2 rings (SSSR count). The lowest BCUT2D eigenvalue weighted by molar-refractivity contribution is 0.727. The fourth-order valence-electron chi connectivity index (χ4n) is 2.07. The number of aryl methyl sites for hydroxylation is 1. The van der Waals surface area contributed by atoms with Gasteiger partial charge in [-0.25, -0.2) is 4.98 Å². The summed E-state index contributed by atoms with van der Waals surface area (Å²) in [6.45, 7) is 5.61. The Hall–Kier alpha value is -1.05. The number of anilines is 1. The van der Waals surface area contributed by atoms with Crippen molar-refractivity contribution in [2.24, 2.45) is 0 Å². The number of pyridine rings is 1. The van der Waals surface area contributed by atoms with E-state index in [0.29, 0.717) is 6.04 Å². The second-order valence-electron chi connectivity index (χ2n) is 4.06. The van der Waals surface area contributed by atoms with Gasteiger partial charge in [0.05, 0.1) is 0 Å². The maximum absolute atomic E-state index is 4.51. The van der Waals surface area contributed by atoms with Crippen molar-refractivity contribution in [2.45, 2.75) is 39.2 Å². The Morgan fingerprint density at radius 1 is 1.50 bits per heavy atom. The minimum absolute atomic E-state index is 0.662. The van der Waals surface area contributed by atoms with E-state index in [2.05, 4.69) is 35.9 Å². The van der Waals surface area contributed by atoms with Crippen LogP contribution >= 0.6 is 0 Å². The quantitative estimate of drug-likeness (QED) is 0.712. The van der Waals surface area contributed by atoms with Gasteiger partial charge in [0.15, 0.2) is 0 Å². The van der Waals surface area contributed by atoms with Crippen molar-refractivity contribution < 1.29 is 0 Å². The molecule has 0 aliphatic carbocycles. The van der Waals surface area contributed by atoms with Crippen molar-refractivity contribution in [3.63, 3.8) is 0 Å². The van der Waals surface area contributed by atoms with Gasteiger partial charge in [-0.15, -0.1) is 0 Å². The number of nitrogens with zero attached hydrogens (tertiary/aromatic N) is 2. The molecular weight excluding hydrogens is 172 g/mol. The number of hydrogen-bond donors (Lipinski definition) is 0. The van der Waals surface area contributed by atoms with E-state index in [1.807, 2.05) is 6.20 Å². The summed E-state index contributed by atoms with van der Waals surface area (Å²) in [6.07, 6.45) is 5.68. The highest BCUT2D eigenvalue weighted by atomic mass is 15.2. The Balaban J connectivity index is 2.16. The van der Waals surface area contributed by atoms with Crippen LogP contribution in [0.25, 0.3) is 0 Å². The zero-order chi connectivity index (χ0) is 9.97. The molecular formula is C12H18N2. The van der Waals surface area contributed by atoms with Crippen molar-refractivity contribution in [1.29, 1.82) is 0 Å². The molecule has 1 atom stereocenters. The molecule has 0 unspecified atom stereocenters. The molecule has 14 heavy (non-hydrogen) atoms. The lowest BCUT2D eigenvalue weighted by Crippen LogP contribution is -2.26. The van der Waals surface area contributed by atoms with Crippen molar-refractivity contribution >= 4 is 5.82 Å². The Bertz CT molecular complexity index is 292. The van der Waals surface area contributed by atoms with Gasteiger partial charge in [-0.2, -0.15) is 0 Å². The van der Waals surface area contributed by atoms with Crippen LogP contribution in [0.4, 0.5) is 5.82 Å². The van der Waals surface area contributed by atoms with Crippen LogP contribution in [0.1, 0.15) is 32.3 Å². The molecule has 1 aromatic rings. The first-order chi connectivity index (χ1) is 6.81. The molecule has 1 saturated heterocycles. The molecule has 0 bridgehead atoms. The smallest absolute Gasteiger partial charge is 0.128 e. The van der Waals surface area contributed by atoms with Crippen molar-refractivity contribution in [1.82, 2.24) is 4.98 Å². The molecule has 0 saturated carbocycles. The maximum Gasteiger partial charge on any atom is 0.128 e. The van der Waals surface area contributed by atoms with Gasteiger partial charge in [0, 0.05) is 18.8 Å². The Kier molecular flexibility index (Phi) is 2.71. The van der Waals surface area contributed by atoms with Gasteiger partial charge < -0.3 is 4.90 Å². The van der Waals surface area contributed by atoms with Crippen LogP contribution in [0.2, 0.25) is 0 Å². The Morgan fingerprint density at radius 3 is 2.86 bits per heavy atom. The minimum atomic E-state index is 0.662. The standard InChI is InChI=1S/C12H18N2/c1-3-11-6-7-12(13-9-11)14-8-4-5-10(14)2/h6-7,9-10H,3-5,8H2,1-2H3/t10-/m1/s1. The third kappa shape index (κ3) is 1.74. The lowest BCUT2D eigenvalue weighted by Gasteiger charge is -2.22. The number of rotatable bonds is 2. The monoisotopic (exact) mass is 190 g/mol. The van der Waals surface area contributed by atoms with E-state index >= 15 is 0 Å². The fourth-order valence-corrected chi connectivity index (χ4v) is 2.07. The van der Waals surface area contributed by atoms with E-state index in [4.69, 9.17) is 0 Å². The molecule has 76 valence electrons. The molecule has 1 fully saturated rings. The van der Waals surface area contributed by atoms with E-state index in [1.165, 1.54) is 24.9 Å². The van der Waals surface area contributed by atoms with Crippen molar-refractivity contribution in [3.8, 4) is 0 Å². The van der Waals surface area contributed by atoms with Gasteiger partial charge in [-0.3, -0.25) is 0 Å². The first kappa shape index (κ1) is 9.50. The van der Waals surface area contributed by atoms with Gasteiger partial charge in [-0.05, 0) is 37.8 Å². The van der Waals surface area contributed by atoms with Gasteiger partial charge in [0.2, 0.25) is 0 Å². The molecule has 0 amide bonds. The summed E-state index contributed by atoms with van der Waals surface area (Å²) in [4.78, 5) is 6.91. The molecule has 2 nitrogen and oxygen atoms in total. The highest BCUT2D eigenvalue weighted by Gasteiger charge is 2.20. The lowest BCUT2D eigenvalue weighted by atomic mass is 10.2. The Morgan fingerprint density at radius 2 is 2.36 bits per heavy atom. The van der Waals surface area contributed by atoms with E-state index < -0.39 is 0 Å². The first-order valence-corrected chi connectivity index (χ1v) is 5.53. The molecule has 2 heterocycles. The van der Waals surface area contributed by atoms with Crippen LogP contribution in [0.3, 0.4) is 0 Å². The summed E-state index contributed by atoms with van der Waals surface area (Å²) in [5, 5.41) is 0. The second-order valence-corrected chi connectivity index (χ2v) is 4.06. The molecule has 0 aromatic carbocycles. The number of aromatic nitrogens is 1. The molecule has 0 radical (unpaired) electrons. The summed E-state index contributed by atoms with van der Waals surface area (Å²) >= 11 is 0. The third-order valence-corrected chi connectivity index (χ3v) is 3.06. The average Bonchev–Trinajstić information content (AvgIpc) is 2.65. The van der Waals surface area contributed by atoms with E-state index in [0.717, 1.165) is 12.2 Å². The van der Waals surface area contributed by atoms with Crippen LogP contribution in [-0.4, -0.2) is 17.6 Å². The van der Waals surface area contributed by atoms with Gasteiger partial charge in [0.1, 0.15) is 5.82 Å². The zero-order valence-electron chi connectivity index (χ0n) is 9.03. The summed E-state index contributed by atoms with van der Waals surface area (Å²) < 4.78 is 0. The van der Waals surface area contributed by atoms with Crippen molar-refractivity contribution in [3.05, 3.63) is 23.9 Å². The molecule has 1 aromatic heterocycles. The summed E-state index contributed by atoms with van der Waals surface area (Å²) in [5.74, 6) is 1.15.